The highest BCUT2D eigenvalue weighted by Gasteiger charge is 2.29. The molecule has 3 heterocycles. The standard InChI is InChI=1S/C31H45F2N7O5/c1-44-20-24(43)19-39(18-23(42)10-13-41)22-8-6-21(7-9-22)17-34-31-36-27(38-11-14-45-15-12-38)16-28(37-31)40-26-5-3-2-4-25(26)35-30(40)29(32)33/h2-5,16,21-24,29,41-43H,6-15,17-20H2,1H3,(H,34,36,37). The number of morpholine rings is 1. The van der Waals surface area contributed by atoms with Crippen LogP contribution in [0.5, 0.6) is 0 Å². The summed E-state index contributed by atoms with van der Waals surface area (Å²) in [6.07, 6.45) is -0.232. The first-order chi connectivity index (χ1) is 21.9. The Hall–Kier alpha value is -3.01. The number of aliphatic hydroxyl groups excluding tert-OH is 3. The Balaban J connectivity index is 1.31. The molecule has 248 valence electrons. The number of anilines is 2. The summed E-state index contributed by atoms with van der Waals surface area (Å²) in [7, 11) is 1.55. The highest BCUT2D eigenvalue weighted by molar-refractivity contribution is 5.78. The topological polar surface area (TPSA) is 141 Å². The first kappa shape index (κ1) is 33.4. The molecular formula is C31H45F2N7O5. The van der Waals surface area contributed by atoms with Gasteiger partial charge in [0.1, 0.15) is 11.6 Å². The number of rotatable bonds is 15. The van der Waals surface area contributed by atoms with Crippen LogP contribution in [0.2, 0.25) is 0 Å². The number of aromatic nitrogens is 4. The van der Waals surface area contributed by atoms with E-state index in [1.54, 1.807) is 37.4 Å². The molecular weight excluding hydrogens is 588 g/mol. The molecule has 1 saturated heterocycles. The number of benzene rings is 1. The van der Waals surface area contributed by atoms with Crippen molar-refractivity contribution in [1.82, 2.24) is 24.4 Å². The summed E-state index contributed by atoms with van der Waals surface area (Å²) in [6, 6.07) is 8.96. The van der Waals surface area contributed by atoms with Crippen LogP contribution in [0.4, 0.5) is 20.5 Å². The molecule has 4 N–H and O–H groups in total. The van der Waals surface area contributed by atoms with Gasteiger partial charge in [-0.25, -0.2) is 13.8 Å². The molecule has 0 amide bonds. The van der Waals surface area contributed by atoms with E-state index >= 15 is 0 Å². The van der Waals surface area contributed by atoms with Crippen LogP contribution in [0.25, 0.3) is 16.9 Å². The molecule has 1 saturated carbocycles. The van der Waals surface area contributed by atoms with Crippen LogP contribution in [0.3, 0.4) is 0 Å². The molecule has 45 heavy (non-hydrogen) atoms. The van der Waals surface area contributed by atoms with E-state index in [-0.39, 0.29) is 31.5 Å². The first-order valence-electron chi connectivity index (χ1n) is 15.8. The smallest absolute Gasteiger partial charge is 0.296 e. The van der Waals surface area contributed by atoms with Crippen LogP contribution in [0.1, 0.15) is 44.4 Å². The summed E-state index contributed by atoms with van der Waals surface area (Å²) >= 11 is 0. The van der Waals surface area contributed by atoms with Crippen molar-refractivity contribution in [2.45, 2.75) is 56.8 Å². The lowest BCUT2D eigenvalue weighted by Crippen LogP contribution is -2.47. The van der Waals surface area contributed by atoms with Gasteiger partial charge in [-0.2, -0.15) is 9.97 Å². The number of nitrogens with one attached hydrogen (secondary N) is 1. The van der Waals surface area contributed by atoms with Gasteiger partial charge in [-0.15, -0.1) is 0 Å². The molecule has 1 aliphatic carbocycles. The lowest BCUT2D eigenvalue weighted by atomic mass is 9.85. The Morgan fingerprint density at radius 1 is 1.02 bits per heavy atom. The maximum absolute atomic E-state index is 14.2. The molecule has 1 aliphatic heterocycles. The van der Waals surface area contributed by atoms with Gasteiger partial charge in [0.05, 0.1) is 43.1 Å². The zero-order valence-corrected chi connectivity index (χ0v) is 25.8. The van der Waals surface area contributed by atoms with Gasteiger partial charge in [0.25, 0.3) is 6.43 Å². The second-order valence-corrected chi connectivity index (χ2v) is 11.9. The molecule has 12 nitrogen and oxygen atoms in total. The Bertz CT molecular complexity index is 1340. The van der Waals surface area contributed by atoms with E-state index in [1.807, 2.05) is 0 Å². The van der Waals surface area contributed by atoms with E-state index < -0.39 is 18.6 Å². The Kier molecular flexibility index (Phi) is 11.9. The monoisotopic (exact) mass is 633 g/mol. The van der Waals surface area contributed by atoms with Crippen LogP contribution in [0, 0.1) is 5.92 Å². The average molecular weight is 634 g/mol. The highest BCUT2D eigenvalue weighted by Crippen LogP contribution is 2.31. The largest absolute Gasteiger partial charge is 0.396 e. The van der Waals surface area contributed by atoms with Crippen molar-refractivity contribution in [1.29, 1.82) is 0 Å². The van der Waals surface area contributed by atoms with Crippen LogP contribution in [-0.4, -0.2) is 124 Å². The minimum atomic E-state index is -2.79. The van der Waals surface area contributed by atoms with Gasteiger partial charge in [-0.3, -0.25) is 9.47 Å². The fraction of sp³-hybridized carbons (Fsp3) is 0.645. The van der Waals surface area contributed by atoms with E-state index in [4.69, 9.17) is 19.4 Å². The van der Waals surface area contributed by atoms with Crippen LogP contribution >= 0.6 is 0 Å². The fourth-order valence-electron chi connectivity index (χ4n) is 6.35. The van der Waals surface area contributed by atoms with Crippen molar-refractivity contribution < 1.29 is 33.6 Å². The molecule has 2 fully saturated rings. The molecule has 0 radical (unpaired) electrons. The molecule has 14 heteroatoms. The summed E-state index contributed by atoms with van der Waals surface area (Å²) in [4.78, 5) is 17.9. The maximum atomic E-state index is 14.2. The van der Waals surface area contributed by atoms with Gasteiger partial charge in [-0.05, 0) is 50.2 Å². The molecule has 1 aromatic carbocycles. The quantitative estimate of drug-likeness (QED) is 0.196. The van der Waals surface area contributed by atoms with E-state index in [0.717, 1.165) is 25.7 Å². The Morgan fingerprint density at radius 2 is 1.73 bits per heavy atom. The number of nitrogens with zero attached hydrogens (tertiary/aromatic N) is 6. The number of halogens is 2. The summed E-state index contributed by atoms with van der Waals surface area (Å²) < 4.78 is 40.4. The van der Waals surface area contributed by atoms with Gasteiger partial charge in [-0.1, -0.05) is 12.1 Å². The number of hydrogen-bond acceptors (Lipinski definition) is 11. The van der Waals surface area contributed by atoms with Gasteiger partial charge in [0, 0.05) is 58.5 Å². The average Bonchev–Trinajstić information content (AvgIpc) is 3.45. The van der Waals surface area contributed by atoms with Crippen molar-refractivity contribution in [3.8, 4) is 5.82 Å². The zero-order chi connectivity index (χ0) is 31.8. The number of imidazole rings is 1. The first-order valence-corrected chi connectivity index (χ1v) is 15.8. The lowest BCUT2D eigenvalue weighted by Gasteiger charge is -2.38. The minimum Gasteiger partial charge on any atom is -0.396 e. The third-order valence-corrected chi connectivity index (χ3v) is 8.64. The molecule has 2 unspecified atom stereocenters. The molecule has 2 aromatic heterocycles. The van der Waals surface area contributed by atoms with Gasteiger partial charge >= 0.3 is 0 Å². The summed E-state index contributed by atoms with van der Waals surface area (Å²) in [5.74, 6) is 1.30. The van der Waals surface area contributed by atoms with E-state index in [2.05, 4.69) is 20.1 Å². The second kappa shape index (κ2) is 16.0. The zero-order valence-electron chi connectivity index (χ0n) is 25.8. The third kappa shape index (κ3) is 8.63. The lowest BCUT2D eigenvalue weighted by molar-refractivity contribution is -0.00231. The summed E-state index contributed by atoms with van der Waals surface area (Å²) in [5.41, 5.74) is 1.02. The van der Waals surface area contributed by atoms with Crippen LogP contribution in [-0.2, 0) is 9.47 Å². The third-order valence-electron chi connectivity index (χ3n) is 8.64. The molecule has 2 atom stereocenters. The van der Waals surface area contributed by atoms with E-state index in [0.29, 0.717) is 80.5 Å². The fourth-order valence-corrected chi connectivity index (χ4v) is 6.35. The molecule has 2 aliphatic rings. The number of hydrogen-bond donors (Lipinski definition) is 4. The van der Waals surface area contributed by atoms with Gasteiger partial charge in [0.2, 0.25) is 5.95 Å². The van der Waals surface area contributed by atoms with E-state index in [1.165, 1.54) is 4.57 Å². The highest BCUT2D eigenvalue weighted by atomic mass is 19.3. The van der Waals surface area contributed by atoms with Crippen molar-refractivity contribution >= 4 is 22.8 Å². The van der Waals surface area contributed by atoms with Gasteiger partial charge < -0.3 is 35.0 Å². The molecule has 0 bridgehead atoms. The van der Waals surface area contributed by atoms with E-state index in [9.17, 15) is 24.1 Å². The summed E-state index contributed by atoms with van der Waals surface area (Å²) in [6.45, 7) is 3.88. The molecule has 5 rings (SSSR count). The number of methoxy groups -OCH3 is 1. The van der Waals surface area contributed by atoms with Crippen LogP contribution < -0.4 is 10.2 Å². The number of ether oxygens (including phenoxy) is 2. The maximum Gasteiger partial charge on any atom is 0.296 e. The van der Waals surface area contributed by atoms with Crippen molar-refractivity contribution in [2.75, 3.05) is 76.5 Å². The number of fused-ring (bicyclic) bond motifs is 1. The molecule has 3 aromatic rings. The van der Waals surface area contributed by atoms with Crippen LogP contribution in [0.15, 0.2) is 30.3 Å². The number of para-hydroxylation sites is 2. The predicted molar refractivity (Wildman–Crippen MR) is 166 cm³/mol. The molecule has 0 spiro atoms. The van der Waals surface area contributed by atoms with Gasteiger partial charge in [0.15, 0.2) is 5.82 Å². The Labute approximate surface area is 262 Å². The second-order valence-electron chi connectivity index (χ2n) is 11.9. The van der Waals surface area contributed by atoms with Crippen molar-refractivity contribution in [2.24, 2.45) is 5.92 Å². The predicted octanol–water partition coefficient (Wildman–Crippen LogP) is 2.61. The number of alkyl halides is 2. The normalized spacial score (nSPS) is 20.7. The number of aliphatic hydroxyl groups is 3. The minimum absolute atomic E-state index is 0.0922. The van der Waals surface area contributed by atoms with Crippen molar-refractivity contribution in [3.63, 3.8) is 0 Å². The SMILES string of the molecule is COCC(O)CN(CC(O)CCO)C1CCC(CNc2nc(N3CCOCC3)cc(-n3c(C(F)F)nc4ccccc43)n2)CC1. The summed E-state index contributed by atoms with van der Waals surface area (Å²) in [5, 5.41) is 33.4. The Morgan fingerprint density at radius 3 is 2.44 bits per heavy atom. The van der Waals surface area contributed by atoms with Crippen molar-refractivity contribution in [3.05, 3.63) is 36.2 Å².